The highest BCUT2D eigenvalue weighted by Crippen LogP contribution is 2.25. The number of nitrogens with zero attached hydrogens (tertiary/aromatic N) is 4. The molecule has 96 valence electrons. The molecule has 2 aromatic rings. The third kappa shape index (κ3) is 3.08. The van der Waals surface area contributed by atoms with Crippen molar-refractivity contribution in [3.8, 4) is 6.07 Å². The quantitative estimate of drug-likeness (QED) is 0.770. The molecule has 4 nitrogen and oxygen atoms in total. The van der Waals surface area contributed by atoms with Gasteiger partial charge in [0.1, 0.15) is 11.9 Å². The first-order valence-corrected chi connectivity index (χ1v) is 6.08. The Hall–Kier alpha value is -2.41. The Morgan fingerprint density at radius 2 is 2.00 bits per heavy atom. The topological polar surface area (TPSA) is 54.0 Å². The molecular formula is C15H16N4. The number of pyridine rings is 1. The van der Waals surface area contributed by atoms with Gasteiger partial charge in [-0.2, -0.15) is 5.26 Å². The summed E-state index contributed by atoms with van der Waals surface area (Å²) in [7, 11) is 0. The van der Waals surface area contributed by atoms with Crippen LogP contribution in [0.25, 0.3) is 0 Å². The molecule has 4 heteroatoms. The van der Waals surface area contributed by atoms with Gasteiger partial charge in [-0.05, 0) is 38.5 Å². The van der Waals surface area contributed by atoms with E-state index in [1.54, 1.807) is 24.7 Å². The molecule has 0 fully saturated rings. The predicted molar refractivity (Wildman–Crippen MR) is 75.6 cm³/mol. The van der Waals surface area contributed by atoms with Crippen molar-refractivity contribution in [2.24, 2.45) is 4.99 Å². The molecule has 2 aromatic heterocycles. The first kappa shape index (κ1) is 13.0. The zero-order chi connectivity index (χ0) is 13.9. The van der Waals surface area contributed by atoms with E-state index in [0.717, 1.165) is 11.4 Å². The van der Waals surface area contributed by atoms with Crippen LogP contribution in [0.5, 0.6) is 0 Å². The molecule has 0 N–H and O–H groups in total. The molecule has 0 radical (unpaired) electrons. The van der Waals surface area contributed by atoms with Crippen molar-refractivity contribution in [2.75, 3.05) is 0 Å². The fraction of sp³-hybridized carbons (Fsp3) is 0.267. The molecule has 2 heterocycles. The van der Waals surface area contributed by atoms with E-state index in [0.29, 0.717) is 5.56 Å². The van der Waals surface area contributed by atoms with Crippen molar-refractivity contribution in [1.29, 1.82) is 5.26 Å². The van der Waals surface area contributed by atoms with Gasteiger partial charge in [0.15, 0.2) is 0 Å². The first-order valence-electron chi connectivity index (χ1n) is 6.08. The van der Waals surface area contributed by atoms with Crippen molar-refractivity contribution >= 4 is 12.0 Å². The van der Waals surface area contributed by atoms with Gasteiger partial charge in [-0.15, -0.1) is 0 Å². The fourth-order valence-electron chi connectivity index (χ4n) is 1.74. The van der Waals surface area contributed by atoms with E-state index in [4.69, 9.17) is 5.26 Å². The molecule has 2 rings (SSSR count). The molecule has 0 saturated heterocycles. The van der Waals surface area contributed by atoms with E-state index in [9.17, 15) is 0 Å². The van der Waals surface area contributed by atoms with Crippen LogP contribution in [0.2, 0.25) is 0 Å². The average Bonchev–Trinajstić information content (AvgIpc) is 2.81. The second-order valence-corrected chi connectivity index (χ2v) is 5.28. The number of aliphatic imine (C=N–C) groups is 1. The summed E-state index contributed by atoms with van der Waals surface area (Å²) in [6.07, 6.45) is 7.06. The molecule has 0 saturated carbocycles. The third-order valence-electron chi connectivity index (χ3n) is 2.70. The van der Waals surface area contributed by atoms with Crippen molar-refractivity contribution in [3.63, 3.8) is 0 Å². The van der Waals surface area contributed by atoms with Crippen LogP contribution in [0.3, 0.4) is 0 Å². The van der Waals surface area contributed by atoms with Gasteiger partial charge < -0.3 is 4.57 Å². The lowest BCUT2D eigenvalue weighted by molar-refractivity contribution is 0.402. The van der Waals surface area contributed by atoms with Crippen molar-refractivity contribution in [1.82, 2.24) is 9.55 Å². The Kier molecular flexibility index (Phi) is 3.48. The van der Waals surface area contributed by atoms with Crippen molar-refractivity contribution < 1.29 is 0 Å². The highest BCUT2D eigenvalue weighted by Gasteiger charge is 2.17. The number of hydrogen-bond donors (Lipinski definition) is 0. The number of rotatable bonds is 2. The van der Waals surface area contributed by atoms with Crippen molar-refractivity contribution in [2.45, 2.75) is 26.3 Å². The molecule has 0 aromatic carbocycles. The standard InChI is InChI=1S/C15H16N4/c1-15(2,3)19-11-13(9-16)8-14(19)18-10-12-4-6-17-7-5-12/h4-8,10-11H,1-3H3/b18-10+. The van der Waals surface area contributed by atoms with Gasteiger partial charge in [0.25, 0.3) is 0 Å². The summed E-state index contributed by atoms with van der Waals surface area (Å²) in [6.45, 7) is 6.25. The Labute approximate surface area is 113 Å². The minimum atomic E-state index is -0.111. The van der Waals surface area contributed by atoms with Gasteiger partial charge in [-0.25, -0.2) is 4.99 Å². The number of hydrogen-bond acceptors (Lipinski definition) is 3. The predicted octanol–water partition coefficient (Wildman–Crippen LogP) is 3.26. The lowest BCUT2D eigenvalue weighted by Gasteiger charge is -2.22. The van der Waals surface area contributed by atoms with E-state index >= 15 is 0 Å². The highest BCUT2D eigenvalue weighted by atomic mass is 15.1. The van der Waals surface area contributed by atoms with E-state index in [2.05, 4.69) is 36.8 Å². The molecule has 0 bridgehead atoms. The van der Waals surface area contributed by atoms with Crippen LogP contribution >= 0.6 is 0 Å². The van der Waals surface area contributed by atoms with Crippen LogP contribution in [0.15, 0.2) is 41.8 Å². The molecule has 0 unspecified atom stereocenters. The summed E-state index contributed by atoms with van der Waals surface area (Å²) in [6, 6.07) is 7.72. The summed E-state index contributed by atoms with van der Waals surface area (Å²) in [5.41, 5.74) is 1.49. The first-order chi connectivity index (χ1) is 9.00. The zero-order valence-electron chi connectivity index (χ0n) is 11.3. The van der Waals surface area contributed by atoms with E-state index < -0.39 is 0 Å². The van der Waals surface area contributed by atoms with Crippen molar-refractivity contribution in [3.05, 3.63) is 47.9 Å². The fourth-order valence-corrected chi connectivity index (χ4v) is 1.74. The van der Waals surface area contributed by atoms with Gasteiger partial charge in [0.05, 0.1) is 5.56 Å². The summed E-state index contributed by atoms with van der Waals surface area (Å²) in [5, 5.41) is 9.00. The maximum atomic E-state index is 9.00. The summed E-state index contributed by atoms with van der Waals surface area (Å²) in [4.78, 5) is 8.44. The van der Waals surface area contributed by atoms with E-state index in [1.165, 1.54) is 0 Å². The van der Waals surface area contributed by atoms with Crippen LogP contribution < -0.4 is 0 Å². The van der Waals surface area contributed by atoms with Gasteiger partial charge in [-0.3, -0.25) is 4.98 Å². The molecule has 0 aliphatic rings. The third-order valence-corrected chi connectivity index (χ3v) is 2.70. The van der Waals surface area contributed by atoms with E-state index in [-0.39, 0.29) is 5.54 Å². The highest BCUT2D eigenvalue weighted by molar-refractivity contribution is 5.81. The number of aromatic nitrogens is 2. The van der Waals surface area contributed by atoms with Gasteiger partial charge in [0, 0.05) is 36.4 Å². The molecule has 0 aliphatic heterocycles. The van der Waals surface area contributed by atoms with Crippen LogP contribution in [0.1, 0.15) is 31.9 Å². The molecule has 0 atom stereocenters. The van der Waals surface area contributed by atoms with Gasteiger partial charge >= 0.3 is 0 Å². The normalized spacial score (nSPS) is 11.7. The molecule has 0 amide bonds. The largest absolute Gasteiger partial charge is 0.326 e. The van der Waals surface area contributed by atoms with Crippen LogP contribution in [-0.4, -0.2) is 15.8 Å². The Morgan fingerprint density at radius 3 is 2.58 bits per heavy atom. The SMILES string of the molecule is CC(C)(C)n1cc(C#N)cc1/N=C/c1ccncc1. The average molecular weight is 252 g/mol. The smallest absolute Gasteiger partial charge is 0.134 e. The minimum absolute atomic E-state index is 0.111. The Balaban J connectivity index is 2.38. The van der Waals surface area contributed by atoms with Crippen LogP contribution in [0, 0.1) is 11.3 Å². The van der Waals surface area contributed by atoms with Gasteiger partial charge in [0.2, 0.25) is 0 Å². The summed E-state index contributed by atoms with van der Waals surface area (Å²) < 4.78 is 2.00. The van der Waals surface area contributed by atoms with Crippen LogP contribution in [-0.2, 0) is 5.54 Å². The monoisotopic (exact) mass is 252 g/mol. The number of nitriles is 1. The lowest BCUT2D eigenvalue weighted by atomic mass is 10.1. The maximum Gasteiger partial charge on any atom is 0.134 e. The molecule has 19 heavy (non-hydrogen) atoms. The Morgan fingerprint density at radius 1 is 1.32 bits per heavy atom. The van der Waals surface area contributed by atoms with E-state index in [1.807, 2.05) is 22.9 Å². The second kappa shape index (κ2) is 5.07. The Bertz CT molecular complexity index is 624. The molecule has 0 spiro atoms. The summed E-state index contributed by atoms with van der Waals surface area (Å²) >= 11 is 0. The molecular weight excluding hydrogens is 236 g/mol. The zero-order valence-corrected chi connectivity index (χ0v) is 11.3. The maximum absolute atomic E-state index is 9.00. The van der Waals surface area contributed by atoms with Gasteiger partial charge in [-0.1, -0.05) is 0 Å². The van der Waals surface area contributed by atoms with Crippen LogP contribution in [0.4, 0.5) is 5.82 Å². The lowest BCUT2D eigenvalue weighted by Crippen LogP contribution is -2.20. The minimum Gasteiger partial charge on any atom is -0.326 e. The summed E-state index contributed by atoms with van der Waals surface area (Å²) in [5.74, 6) is 0.779. The molecule has 0 aliphatic carbocycles. The second-order valence-electron chi connectivity index (χ2n) is 5.28.